The molecule has 1 aliphatic heterocycles. The van der Waals surface area contributed by atoms with E-state index < -0.39 is 6.10 Å². The summed E-state index contributed by atoms with van der Waals surface area (Å²) in [6, 6.07) is 5.82. The van der Waals surface area contributed by atoms with Crippen molar-refractivity contribution >= 4 is 11.6 Å². The maximum atomic E-state index is 11.5. The molecule has 1 amide bonds. The third-order valence-electron chi connectivity index (χ3n) is 3.20. The minimum atomic E-state index is -0.434. The number of carbonyl (C=O) groups is 1. The first kappa shape index (κ1) is 11.9. The number of carbonyl (C=O) groups excluding carboxylic acids is 1. The zero-order chi connectivity index (χ0) is 12.6. The van der Waals surface area contributed by atoms with Gasteiger partial charge in [0.15, 0.2) is 6.10 Å². The summed E-state index contributed by atoms with van der Waals surface area (Å²) in [5.74, 6) is 0.605. The average Bonchev–Trinajstić information content (AvgIpc) is 2.30. The van der Waals surface area contributed by atoms with Gasteiger partial charge in [0.1, 0.15) is 5.75 Å². The van der Waals surface area contributed by atoms with Gasteiger partial charge in [0.25, 0.3) is 5.91 Å². The highest BCUT2D eigenvalue weighted by Crippen LogP contribution is 2.34. The van der Waals surface area contributed by atoms with Gasteiger partial charge in [-0.2, -0.15) is 0 Å². The van der Waals surface area contributed by atoms with E-state index in [-0.39, 0.29) is 11.3 Å². The number of amides is 1. The van der Waals surface area contributed by atoms with Crippen LogP contribution in [0.15, 0.2) is 18.2 Å². The summed E-state index contributed by atoms with van der Waals surface area (Å²) < 4.78 is 5.50. The molecule has 2 rings (SSSR count). The molecule has 0 saturated heterocycles. The minimum Gasteiger partial charge on any atom is -0.479 e. The molecule has 0 fully saturated rings. The van der Waals surface area contributed by atoms with E-state index in [1.165, 1.54) is 0 Å². The second-order valence-corrected chi connectivity index (χ2v) is 5.05. The SMILES string of the molecule is CC1Oc2ccc(C(C)(C)CN)cc2NC1=O. The lowest BCUT2D eigenvalue weighted by atomic mass is 9.84. The predicted molar refractivity (Wildman–Crippen MR) is 67.2 cm³/mol. The summed E-state index contributed by atoms with van der Waals surface area (Å²) in [5, 5.41) is 2.84. The molecule has 1 aromatic rings. The zero-order valence-corrected chi connectivity index (χ0v) is 10.4. The van der Waals surface area contributed by atoms with E-state index in [2.05, 4.69) is 19.2 Å². The van der Waals surface area contributed by atoms with E-state index in [0.29, 0.717) is 12.3 Å². The lowest BCUT2D eigenvalue weighted by Crippen LogP contribution is -2.35. The first-order valence-corrected chi connectivity index (χ1v) is 5.76. The summed E-state index contributed by atoms with van der Waals surface area (Å²) >= 11 is 0. The van der Waals surface area contributed by atoms with Crippen molar-refractivity contribution < 1.29 is 9.53 Å². The van der Waals surface area contributed by atoms with Crippen LogP contribution in [0.5, 0.6) is 5.75 Å². The van der Waals surface area contributed by atoms with Crippen molar-refractivity contribution in [3.63, 3.8) is 0 Å². The molecule has 1 heterocycles. The Kier molecular flexibility index (Phi) is 2.83. The Morgan fingerprint density at radius 2 is 2.18 bits per heavy atom. The van der Waals surface area contributed by atoms with Crippen LogP contribution in [0, 0.1) is 0 Å². The quantitative estimate of drug-likeness (QED) is 0.817. The van der Waals surface area contributed by atoms with Gasteiger partial charge in [0, 0.05) is 12.0 Å². The molecule has 4 heteroatoms. The van der Waals surface area contributed by atoms with Crippen LogP contribution in [0.4, 0.5) is 5.69 Å². The first-order valence-electron chi connectivity index (χ1n) is 5.76. The molecule has 0 saturated carbocycles. The number of hydrogen-bond acceptors (Lipinski definition) is 3. The van der Waals surface area contributed by atoms with Gasteiger partial charge in [-0.1, -0.05) is 19.9 Å². The molecule has 1 atom stereocenters. The van der Waals surface area contributed by atoms with E-state index in [0.717, 1.165) is 11.3 Å². The first-order chi connectivity index (χ1) is 7.94. The Hall–Kier alpha value is -1.55. The number of rotatable bonds is 2. The van der Waals surface area contributed by atoms with E-state index >= 15 is 0 Å². The smallest absolute Gasteiger partial charge is 0.265 e. The monoisotopic (exact) mass is 234 g/mol. The van der Waals surface area contributed by atoms with Crippen LogP contribution in [0.1, 0.15) is 26.3 Å². The second-order valence-electron chi connectivity index (χ2n) is 5.05. The van der Waals surface area contributed by atoms with Crippen molar-refractivity contribution in [3.8, 4) is 5.75 Å². The summed E-state index contributed by atoms with van der Waals surface area (Å²) in [4.78, 5) is 11.5. The number of benzene rings is 1. The van der Waals surface area contributed by atoms with Crippen molar-refractivity contribution in [2.45, 2.75) is 32.3 Å². The topological polar surface area (TPSA) is 64.3 Å². The van der Waals surface area contributed by atoms with Crippen LogP contribution in [-0.4, -0.2) is 18.6 Å². The molecule has 4 nitrogen and oxygen atoms in total. The van der Waals surface area contributed by atoms with E-state index in [4.69, 9.17) is 10.5 Å². The van der Waals surface area contributed by atoms with Gasteiger partial charge >= 0.3 is 0 Å². The third kappa shape index (κ3) is 2.13. The number of fused-ring (bicyclic) bond motifs is 1. The lowest BCUT2D eigenvalue weighted by molar-refractivity contribution is -0.122. The van der Waals surface area contributed by atoms with Crippen LogP contribution >= 0.6 is 0 Å². The Morgan fingerprint density at radius 3 is 2.82 bits per heavy atom. The molecule has 17 heavy (non-hydrogen) atoms. The fourth-order valence-electron chi connectivity index (χ4n) is 1.75. The fraction of sp³-hybridized carbons (Fsp3) is 0.462. The number of ether oxygens (including phenoxy) is 1. The van der Waals surface area contributed by atoms with Crippen molar-refractivity contribution in [1.82, 2.24) is 0 Å². The largest absolute Gasteiger partial charge is 0.479 e. The molecular weight excluding hydrogens is 216 g/mol. The molecule has 0 radical (unpaired) electrons. The van der Waals surface area contributed by atoms with Crippen LogP contribution in [0.25, 0.3) is 0 Å². The number of hydrogen-bond donors (Lipinski definition) is 2. The molecule has 3 N–H and O–H groups in total. The van der Waals surface area contributed by atoms with Crippen molar-refractivity contribution in [3.05, 3.63) is 23.8 Å². The molecule has 1 aromatic carbocycles. The Bertz CT molecular complexity index is 455. The Morgan fingerprint density at radius 1 is 1.47 bits per heavy atom. The van der Waals surface area contributed by atoms with E-state index in [1.54, 1.807) is 6.92 Å². The highest BCUT2D eigenvalue weighted by molar-refractivity contribution is 5.97. The molecule has 1 unspecified atom stereocenters. The van der Waals surface area contributed by atoms with Crippen LogP contribution in [0.3, 0.4) is 0 Å². The normalized spacial score (nSPS) is 19.3. The van der Waals surface area contributed by atoms with E-state index in [1.807, 2.05) is 18.2 Å². The highest BCUT2D eigenvalue weighted by Gasteiger charge is 2.26. The summed E-state index contributed by atoms with van der Waals surface area (Å²) in [7, 11) is 0. The van der Waals surface area contributed by atoms with Gasteiger partial charge < -0.3 is 15.8 Å². The lowest BCUT2D eigenvalue weighted by Gasteiger charge is -2.27. The maximum Gasteiger partial charge on any atom is 0.265 e. The summed E-state index contributed by atoms with van der Waals surface area (Å²) in [6.07, 6.45) is -0.434. The number of anilines is 1. The van der Waals surface area contributed by atoms with Crippen molar-refractivity contribution in [2.24, 2.45) is 5.73 Å². The van der Waals surface area contributed by atoms with Gasteiger partial charge in [-0.15, -0.1) is 0 Å². The highest BCUT2D eigenvalue weighted by atomic mass is 16.5. The molecule has 0 bridgehead atoms. The Balaban J connectivity index is 2.38. The van der Waals surface area contributed by atoms with E-state index in [9.17, 15) is 4.79 Å². The van der Waals surface area contributed by atoms with Crippen LogP contribution in [-0.2, 0) is 10.2 Å². The van der Waals surface area contributed by atoms with Gasteiger partial charge in [-0.3, -0.25) is 4.79 Å². The maximum absolute atomic E-state index is 11.5. The van der Waals surface area contributed by atoms with Gasteiger partial charge in [-0.05, 0) is 24.6 Å². The van der Waals surface area contributed by atoms with Crippen molar-refractivity contribution in [2.75, 3.05) is 11.9 Å². The fourth-order valence-corrected chi connectivity index (χ4v) is 1.75. The zero-order valence-electron chi connectivity index (χ0n) is 10.4. The van der Waals surface area contributed by atoms with Gasteiger partial charge in [0.2, 0.25) is 0 Å². The standard InChI is InChI=1S/C13H18N2O2/c1-8-12(16)15-10-6-9(13(2,3)7-14)4-5-11(10)17-8/h4-6,8H,7,14H2,1-3H3,(H,15,16). The molecule has 0 aromatic heterocycles. The number of nitrogens with one attached hydrogen (secondary N) is 1. The van der Waals surface area contributed by atoms with Gasteiger partial charge in [-0.25, -0.2) is 0 Å². The molecule has 0 aliphatic carbocycles. The molecule has 1 aliphatic rings. The summed E-state index contributed by atoms with van der Waals surface area (Å²) in [6.45, 7) is 6.43. The minimum absolute atomic E-state index is 0.108. The van der Waals surface area contributed by atoms with Crippen LogP contribution < -0.4 is 15.8 Å². The molecular formula is C13H18N2O2. The number of nitrogens with two attached hydrogens (primary N) is 1. The molecule has 0 spiro atoms. The molecule has 92 valence electrons. The second kappa shape index (κ2) is 4.04. The summed E-state index contributed by atoms with van der Waals surface area (Å²) in [5.41, 5.74) is 7.46. The average molecular weight is 234 g/mol. The van der Waals surface area contributed by atoms with Crippen LogP contribution in [0.2, 0.25) is 0 Å². The Labute approximate surface area is 101 Å². The van der Waals surface area contributed by atoms with Crippen molar-refractivity contribution in [1.29, 1.82) is 0 Å². The third-order valence-corrected chi connectivity index (χ3v) is 3.20. The predicted octanol–water partition coefficient (Wildman–Crippen LogP) is 1.64. The van der Waals surface area contributed by atoms with Gasteiger partial charge in [0.05, 0.1) is 5.69 Å².